The van der Waals surface area contributed by atoms with E-state index in [2.05, 4.69) is 9.71 Å². The Bertz CT molecular complexity index is 838. The topological polar surface area (TPSA) is 99.3 Å². The zero-order valence-electron chi connectivity index (χ0n) is 11.6. The number of H-pyrrole nitrogens is 1. The summed E-state index contributed by atoms with van der Waals surface area (Å²) in [4.78, 5) is 13.9. The van der Waals surface area contributed by atoms with Crippen molar-refractivity contribution in [2.45, 2.75) is 36.1 Å². The van der Waals surface area contributed by atoms with Crippen molar-refractivity contribution in [2.75, 3.05) is 0 Å². The molecule has 1 aromatic heterocycles. The predicted molar refractivity (Wildman–Crippen MR) is 77.4 cm³/mol. The molecule has 1 aromatic carbocycles. The van der Waals surface area contributed by atoms with E-state index in [4.69, 9.17) is 0 Å². The Hall–Kier alpha value is -1.93. The second-order valence-electron chi connectivity index (χ2n) is 5.52. The molecule has 0 amide bonds. The van der Waals surface area contributed by atoms with E-state index >= 15 is 0 Å². The van der Waals surface area contributed by atoms with Gasteiger partial charge in [-0.1, -0.05) is 18.9 Å². The first kappa shape index (κ1) is 15.0. The Morgan fingerprint density at radius 1 is 1.32 bits per heavy atom. The van der Waals surface area contributed by atoms with Gasteiger partial charge in [-0.3, -0.25) is 4.79 Å². The van der Waals surface area contributed by atoms with Crippen LogP contribution in [0.2, 0.25) is 0 Å². The lowest BCUT2D eigenvalue weighted by atomic mass is 10.0. The molecule has 8 heteroatoms. The predicted octanol–water partition coefficient (Wildman–Crippen LogP) is 1.98. The van der Waals surface area contributed by atoms with Crippen LogP contribution in [0.1, 0.15) is 25.7 Å². The lowest BCUT2D eigenvalue weighted by Gasteiger charge is -2.24. The largest absolute Gasteiger partial charge is 0.480 e. The maximum atomic E-state index is 13.9. The van der Waals surface area contributed by atoms with E-state index in [9.17, 15) is 22.7 Å². The van der Waals surface area contributed by atoms with Gasteiger partial charge in [0, 0.05) is 11.7 Å². The number of fused-ring (bicyclic) bond motifs is 1. The zero-order valence-corrected chi connectivity index (χ0v) is 12.4. The number of hydrogen-bond acceptors (Lipinski definition) is 3. The van der Waals surface area contributed by atoms with Crippen LogP contribution in [0, 0.1) is 5.82 Å². The molecule has 0 radical (unpaired) electrons. The minimum atomic E-state index is -4.15. The maximum Gasteiger partial charge on any atom is 0.324 e. The Balaban J connectivity index is 2.07. The first-order chi connectivity index (χ1) is 10.4. The lowest BCUT2D eigenvalue weighted by Crippen LogP contribution is -2.52. The second kappa shape index (κ2) is 5.06. The summed E-state index contributed by atoms with van der Waals surface area (Å²) in [6.45, 7) is 0. The third-order valence-electron chi connectivity index (χ3n) is 4.10. The van der Waals surface area contributed by atoms with E-state index in [1.54, 1.807) is 6.07 Å². The van der Waals surface area contributed by atoms with Gasteiger partial charge in [-0.05, 0) is 25.0 Å². The van der Waals surface area contributed by atoms with Crippen molar-refractivity contribution in [3.8, 4) is 0 Å². The molecule has 0 spiro atoms. The van der Waals surface area contributed by atoms with E-state index in [1.807, 2.05) is 0 Å². The molecule has 1 fully saturated rings. The van der Waals surface area contributed by atoms with Gasteiger partial charge in [-0.25, -0.2) is 12.8 Å². The summed E-state index contributed by atoms with van der Waals surface area (Å²) >= 11 is 0. The number of carboxylic acids is 1. The smallest absolute Gasteiger partial charge is 0.324 e. The van der Waals surface area contributed by atoms with Gasteiger partial charge in [0.25, 0.3) is 0 Å². The fraction of sp³-hybridized carbons (Fsp3) is 0.357. The number of halogens is 1. The number of sulfonamides is 1. The van der Waals surface area contributed by atoms with Crippen LogP contribution < -0.4 is 4.72 Å². The summed E-state index contributed by atoms with van der Waals surface area (Å²) in [5, 5.41) is 9.32. The normalized spacial score (nSPS) is 17.9. The lowest BCUT2D eigenvalue weighted by molar-refractivity contribution is -0.143. The van der Waals surface area contributed by atoms with Crippen LogP contribution >= 0.6 is 0 Å². The highest BCUT2D eigenvalue weighted by atomic mass is 32.2. The first-order valence-electron chi connectivity index (χ1n) is 6.89. The number of aliphatic carboxylic acids is 1. The number of nitrogens with one attached hydrogen (secondary N) is 2. The third-order valence-corrected chi connectivity index (χ3v) is 5.66. The summed E-state index contributed by atoms with van der Waals surface area (Å²) in [5.41, 5.74) is -1.16. The average molecular weight is 326 g/mol. The van der Waals surface area contributed by atoms with Gasteiger partial charge in [0.2, 0.25) is 10.0 Å². The van der Waals surface area contributed by atoms with Gasteiger partial charge in [0.05, 0.1) is 5.39 Å². The van der Waals surface area contributed by atoms with Crippen LogP contribution in [0.5, 0.6) is 0 Å². The highest BCUT2D eigenvalue weighted by Gasteiger charge is 2.45. The summed E-state index contributed by atoms with van der Waals surface area (Å²) < 4.78 is 41.4. The van der Waals surface area contributed by atoms with Crippen molar-refractivity contribution in [1.29, 1.82) is 0 Å². The molecule has 1 aliphatic carbocycles. The summed E-state index contributed by atoms with van der Waals surface area (Å²) in [6.07, 6.45) is 2.91. The Morgan fingerprint density at radius 3 is 2.64 bits per heavy atom. The highest BCUT2D eigenvalue weighted by molar-refractivity contribution is 7.89. The van der Waals surface area contributed by atoms with Gasteiger partial charge in [0.15, 0.2) is 0 Å². The molecule has 1 heterocycles. The van der Waals surface area contributed by atoms with Crippen LogP contribution in [-0.4, -0.2) is 30.0 Å². The van der Waals surface area contributed by atoms with E-state index in [0.29, 0.717) is 18.4 Å². The third kappa shape index (κ3) is 2.28. The van der Waals surface area contributed by atoms with Gasteiger partial charge >= 0.3 is 5.97 Å². The molecule has 1 aliphatic rings. The Labute approximate surface area is 126 Å². The van der Waals surface area contributed by atoms with Crippen LogP contribution in [0.15, 0.2) is 29.3 Å². The van der Waals surface area contributed by atoms with Crippen molar-refractivity contribution < 1.29 is 22.7 Å². The van der Waals surface area contributed by atoms with Gasteiger partial charge < -0.3 is 10.1 Å². The fourth-order valence-corrected chi connectivity index (χ4v) is 4.58. The van der Waals surface area contributed by atoms with Crippen molar-refractivity contribution in [1.82, 2.24) is 9.71 Å². The molecule has 0 atom stereocenters. The number of aromatic nitrogens is 1. The summed E-state index contributed by atoms with van der Waals surface area (Å²) in [6, 6.07) is 4.19. The molecule has 0 unspecified atom stereocenters. The van der Waals surface area contributed by atoms with Crippen molar-refractivity contribution in [3.05, 3.63) is 30.2 Å². The molecule has 2 aromatic rings. The molecule has 3 rings (SSSR count). The summed E-state index contributed by atoms with van der Waals surface area (Å²) in [7, 11) is -4.15. The van der Waals surface area contributed by atoms with Crippen LogP contribution in [0.4, 0.5) is 4.39 Å². The molecule has 0 saturated heterocycles. The monoisotopic (exact) mass is 326 g/mol. The van der Waals surface area contributed by atoms with Crippen molar-refractivity contribution in [2.24, 2.45) is 0 Å². The van der Waals surface area contributed by atoms with Gasteiger partial charge in [-0.15, -0.1) is 0 Å². The average Bonchev–Trinajstić information content (AvgIpc) is 3.06. The number of carbonyl (C=O) groups is 1. The van der Waals surface area contributed by atoms with Crippen molar-refractivity contribution in [3.63, 3.8) is 0 Å². The Kier molecular flexibility index (Phi) is 3.45. The molecule has 0 aliphatic heterocycles. The number of benzene rings is 1. The van der Waals surface area contributed by atoms with E-state index in [1.165, 1.54) is 12.3 Å². The van der Waals surface area contributed by atoms with Crippen molar-refractivity contribution >= 4 is 26.9 Å². The van der Waals surface area contributed by atoms with Crippen LogP contribution in [0.25, 0.3) is 10.9 Å². The number of carboxylic acid groups (broad SMARTS) is 1. The second-order valence-corrected chi connectivity index (χ2v) is 7.17. The molecule has 1 saturated carbocycles. The summed E-state index contributed by atoms with van der Waals surface area (Å²) in [5.74, 6) is -1.87. The SMILES string of the molecule is O=C(O)C1(NS(=O)(=O)c2c[nH]c3cccc(F)c23)CCCC1. The van der Waals surface area contributed by atoms with E-state index < -0.39 is 27.3 Å². The fourth-order valence-electron chi connectivity index (χ4n) is 2.97. The number of rotatable bonds is 4. The maximum absolute atomic E-state index is 13.9. The van der Waals surface area contributed by atoms with Crippen LogP contribution in [-0.2, 0) is 14.8 Å². The highest BCUT2D eigenvalue weighted by Crippen LogP contribution is 2.33. The van der Waals surface area contributed by atoms with Gasteiger partial charge in [-0.2, -0.15) is 4.72 Å². The first-order valence-corrected chi connectivity index (χ1v) is 8.37. The molecular formula is C14H15FN2O4S. The van der Waals surface area contributed by atoms with E-state index in [0.717, 1.165) is 6.07 Å². The minimum Gasteiger partial charge on any atom is -0.480 e. The quantitative estimate of drug-likeness (QED) is 0.800. The molecular weight excluding hydrogens is 311 g/mol. The zero-order chi connectivity index (χ0) is 16.0. The van der Waals surface area contributed by atoms with E-state index in [-0.39, 0.29) is 23.1 Å². The van der Waals surface area contributed by atoms with Crippen LogP contribution in [0.3, 0.4) is 0 Å². The molecule has 6 nitrogen and oxygen atoms in total. The number of hydrogen-bond donors (Lipinski definition) is 3. The standard InChI is InChI=1S/C14H15FN2O4S/c15-9-4-3-5-10-12(9)11(8-16-10)22(20,21)17-14(13(18)19)6-1-2-7-14/h3-5,8,16-17H,1-2,6-7H2,(H,18,19). The minimum absolute atomic E-state index is 0.0615. The van der Waals surface area contributed by atoms with Gasteiger partial charge in [0.1, 0.15) is 16.3 Å². The Morgan fingerprint density at radius 2 is 2.00 bits per heavy atom. The molecule has 0 bridgehead atoms. The number of aromatic amines is 1. The molecule has 3 N–H and O–H groups in total. The molecule has 22 heavy (non-hydrogen) atoms. The molecule has 118 valence electrons.